The van der Waals surface area contributed by atoms with E-state index in [0.717, 1.165) is 12.3 Å². The van der Waals surface area contributed by atoms with Crippen LogP contribution in [0, 0.1) is 12.8 Å². The summed E-state index contributed by atoms with van der Waals surface area (Å²) in [6, 6.07) is 0. The van der Waals surface area contributed by atoms with Crippen molar-refractivity contribution in [1.29, 1.82) is 0 Å². The van der Waals surface area contributed by atoms with Gasteiger partial charge in [-0.05, 0) is 5.92 Å². The molecule has 2 heteroatoms. The van der Waals surface area contributed by atoms with Crippen LogP contribution >= 0.6 is 0 Å². The van der Waals surface area contributed by atoms with Crippen molar-refractivity contribution >= 4 is 23.1 Å². The predicted octanol–water partition coefficient (Wildman–Crippen LogP) is 5.90. The van der Waals surface area contributed by atoms with Crippen molar-refractivity contribution in [1.82, 2.24) is 0 Å². The van der Waals surface area contributed by atoms with E-state index in [1.165, 1.54) is 122 Å². The maximum atomic E-state index is 3.92. The van der Waals surface area contributed by atoms with Gasteiger partial charge in [-0.3, -0.25) is 0 Å². The Morgan fingerprint density at radius 2 is 0.846 bits per heavy atom. The first-order chi connectivity index (χ1) is 11.8. The van der Waals surface area contributed by atoms with Gasteiger partial charge >= 0.3 is 23.1 Å². The van der Waals surface area contributed by atoms with Gasteiger partial charge in [0.2, 0.25) is 0 Å². The number of unbranched alkanes of at least 4 members (excludes halogenated alkanes) is 16. The van der Waals surface area contributed by atoms with Crippen molar-refractivity contribution in [3.05, 3.63) is 6.92 Å². The fourth-order valence-corrected chi connectivity index (χ4v) is 3.68. The molecule has 0 N–H and O–H groups in total. The molecule has 0 fully saturated rings. The average molecular weight is 489 g/mol. The Labute approximate surface area is 201 Å². The van der Waals surface area contributed by atoms with Gasteiger partial charge in [0, 0.05) is 0 Å². The SMILES string of the molecule is [CH2-]CCCCCC(C)CCCCCCCCCCCCCCCC.[I-].[Mg+2]. The van der Waals surface area contributed by atoms with E-state index >= 15 is 0 Å². The molecule has 0 rings (SSSR count). The molecule has 0 aliphatic rings. The van der Waals surface area contributed by atoms with E-state index in [1.54, 1.807) is 0 Å². The standard InChI is InChI=1S/C24H49.HI.Mg/c1-4-6-8-10-11-12-13-14-15-16-17-18-19-21-23-24(3)22-20-9-7-5-2;;/h24H,2,4-23H2,1,3H3;1H;/q-1;;+2/p-1. The largest absolute Gasteiger partial charge is 2.00 e. The second-order valence-electron chi connectivity index (χ2n) is 8.19. The second kappa shape index (κ2) is 28.7. The van der Waals surface area contributed by atoms with Crippen LogP contribution in [0.1, 0.15) is 142 Å². The molecule has 154 valence electrons. The zero-order chi connectivity index (χ0) is 17.7. The molecule has 0 aromatic rings. The van der Waals surface area contributed by atoms with Crippen molar-refractivity contribution < 1.29 is 24.0 Å². The zero-order valence-electron chi connectivity index (χ0n) is 18.5. The first-order valence-corrected chi connectivity index (χ1v) is 11.6. The quantitative estimate of drug-likeness (QED) is 0.0866. The topological polar surface area (TPSA) is 0 Å². The van der Waals surface area contributed by atoms with Gasteiger partial charge in [0.25, 0.3) is 0 Å². The van der Waals surface area contributed by atoms with Crippen molar-refractivity contribution in [2.24, 2.45) is 5.92 Å². The van der Waals surface area contributed by atoms with Crippen LogP contribution in [-0.4, -0.2) is 23.1 Å². The van der Waals surface area contributed by atoms with Crippen LogP contribution in [-0.2, 0) is 0 Å². The van der Waals surface area contributed by atoms with Crippen molar-refractivity contribution in [3.8, 4) is 0 Å². The molecule has 1 atom stereocenters. The van der Waals surface area contributed by atoms with Gasteiger partial charge in [-0.2, -0.15) is 6.42 Å². The first kappa shape index (κ1) is 32.2. The minimum absolute atomic E-state index is 0. The molecule has 0 aliphatic heterocycles. The van der Waals surface area contributed by atoms with Crippen molar-refractivity contribution in [2.45, 2.75) is 142 Å². The Balaban J connectivity index is -0.00000264. The normalized spacial score (nSPS) is 11.7. The molecule has 0 aromatic carbocycles. The van der Waals surface area contributed by atoms with E-state index in [9.17, 15) is 0 Å². The van der Waals surface area contributed by atoms with Gasteiger partial charge in [0.05, 0.1) is 0 Å². The second-order valence-corrected chi connectivity index (χ2v) is 8.19. The van der Waals surface area contributed by atoms with Crippen LogP contribution in [0.15, 0.2) is 0 Å². The number of halogens is 1. The van der Waals surface area contributed by atoms with Crippen LogP contribution in [0.4, 0.5) is 0 Å². The average Bonchev–Trinajstić information content (AvgIpc) is 2.59. The van der Waals surface area contributed by atoms with E-state index in [2.05, 4.69) is 20.8 Å². The van der Waals surface area contributed by atoms with Gasteiger partial charge < -0.3 is 30.9 Å². The number of hydrogen-bond acceptors (Lipinski definition) is 0. The maximum absolute atomic E-state index is 3.92. The van der Waals surface area contributed by atoms with Crippen LogP contribution in [0.2, 0.25) is 0 Å². The Morgan fingerprint density at radius 3 is 1.19 bits per heavy atom. The van der Waals surface area contributed by atoms with E-state index in [1.807, 2.05) is 0 Å². The number of hydrogen-bond donors (Lipinski definition) is 0. The molecular weight excluding hydrogens is 439 g/mol. The summed E-state index contributed by atoms with van der Waals surface area (Å²) in [5, 5.41) is 0. The molecule has 1 unspecified atom stereocenters. The van der Waals surface area contributed by atoms with Crippen LogP contribution in [0.25, 0.3) is 0 Å². The van der Waals surface area contributed by atoms with Gasteiger partial charge in [0.15, 0.2) is 0 Å². The van der Waals surface area contributed by atoms with E-state index < -0.39 is 0 Å². The molecule has 0 spiro atoms. The smallest absolute Gasteiger partial charge is 1.00 e. The van der Waals surface area contributed by atoms with Gasteiger partial charge in [-0.1, -0.05) is 136 Å². The molecule has 0 bridgehead atoms. The van der Waals surface area contributed by atoms with Crippen LogP contribution < -0.4 is 24.0 Å². The Kier molecular flexibility index (Phi) is 35.5. The summed E-state index contributed by atoms with van der Waals surface area (Å²) >= 11 is 0. The van der Waals surface area contributed by atoms with E-state index in [0.29, 0.717) is 0 Å². The molecule has 0 radical (unpaired) electrons. The van der Waals surface area contributed by atoms with Crippen molar-refractivity contribution in [2.75, 3.05) is 0 Å². The molecule has 0 aliphatic carbocycles. The fraction of sp³-hybridized carbons (Fsp3) is 0.958. The minimum atomic E-state index is 0. The monoisotopic (exact) mass is 488 g/mol. The Bertz CT molecular complexity index is 220. The summed E-state index contributed by atoms with van der Waals surface area (Å²) < 4.78 is 0. The van der Waals surface area contributed by atoms with Crippen LogP contribution in [0.5, 0.6) is 0 Å². The van der Waals surface area contributed by atoms with E-state index in [4.69, 9.17) is 0 Å². The minimum Gasteiger partial charge on any atom is -1.00 e. The first-order valence-electron chi connectivity index (χ1n) is 11.6. The Morgan fingerprint density at radius 1 is 0.538 bits per heavy atom. The molecule has 0 amide bonds. The number of rotatable bonds is 20. The Hall–Kier alpha value is 1.50. The summed E-state index contributed by atoms with van der Waals surface area (Å²) in [5.41, 5.74) is 0. The van der Waals surface area contributed by atoms with Gasteiger partial charge in [-0.25, -0.2) is 0 Å². The molecule has 0 nitrogen and oxygen atoms in total. The zero-order valence-corrected chi connectivity index (χ0v) is 22.1. The van der Waals surface area contributed by atoms with Crippen LogP contribution in [0.3, 0.4) is 0 Å². The third-order valence-corrected chi connectivity index (χ3v) is 5.50. The third kappa shape index (κ3) is 27.7. The molecule has 0 saturated carbocycles. The molecule has 0 aromatic heterocycles. The summed E-state index contributed by atoms with van der Waals surface area (Å²) in [4.78, 5) is 0. The molecule has 0 heterocycles. The fourth-order valence-electron chi connectivity index (χ4n) is 3.68. The summed E-state index contributed by atoms with van der Waals surface area (Å²) in [7, 11) is 0. The summed E-state index contributed by atoms with van der Waals surface area (Å²) in [6.45, 7) is 8.67. The van der Waals surface area contributed by atoms with Gasteiger partial charge in [0.1, 0.15) is 0 Å². The maximum Gasteiger partial charge on any atom is 2.00 e. The summed E-state index contributed by atoms with van der Waals surface area (Å²) in [6.07, 6.45) is 28.7. The van der Waals surface area contributed by atoms with Crippen molar-refractivity contribution in [3.63, 3.8) is 0 Å². The van der Waals surface area contributed by atoms with Gasteiger partial charge in [-0.15, -0.1) is 0 Å². The molecular formula is C24H49IMg. The molecule has 0 saturated heterocycles. The molecule has 26 heavy (non-hydrogen) atoms. The third-order valence-electron chi connectivity index (χ3n) is 5.50. The summed E-state index contributed by atoms with van der Waals surface area (Å²) in [5.74, 6) is 0.951. The predicted molar refractivity (Wildman–Crippen MR) is 118 cm³/mol. The van der Waals surface area contributed by atoms with E-state index in [-0.39, 0.29) is 47.0 Å².